The first-order valence-corrected chi connectivity index (χ1v) is 28.2. The van der Waals surface area contributed by atoms with Crippen molar-refractivity contribution >= 4 is 0 Å². The molecule has 0 aromatic heterocycles. The molecule has 0 aromatic rings. The Morgan fingerprint density at radius 2 is 0.393 bits per heavy atom. The van der Waals surface area contributed by atoms with Crippen LogP contribution in [0.3, 0.4) is 0 Å². The van der Waals surface area contributed by atoms with Crippen LogP contribution in [0.15, 0.2) is 0 Å². The van der Waals surface area contributed by atoms with Crippen molar-refractivity contribution in [3.05, 3.63) is 0 Å². The van der Waals surface area contributed by atoms with Gasteiger partial charge in [0.15, 0.2) is 50.3 Å². The smallest absolute Gasteiger partial charge is 0.187 e. The van der Waals surface area contributed by atoms with Crippen molar-refractivity contribution in [2.45, 2.75) is 246 Å². The molecule has 0 amide bonds. The highest BCUT2D eigenvalue weighted by molar-refractivity contribution is 4.98. The summed E-state index contributed by atoms with van der Waals surface area (Å²) in [7, 11) is 0. The van der Waals surface area contributed by atoms with Gasteiger partial charge in [-0.1, -0.05) is 0 Å². The molecule has 8 aliphatic heterocycles. The maximum Gasteiger partial charge on any atom is 0.187 e. The molecule has 0 aromatic carbocycles. The van der Waals surface area contributed by atoms with E-state index in [1.54, 1.807) is 0 Å². The zero-order valence-electron chi connectivity index (χ0n) is 46.5. The van der Waals surface area contributed by atoms with E-state index < -0.39 is 299 Å². The van der Waals surface area contributed by atoms with E-state index in [1.807, 2.05) is 0 Å². The molecule has 26 N–H and O–H groups in total. The van der Waals surface area contributed by atoms with E-state index >= 15 is 0 Å². The van der Waals surface area contributed by atoms with Gasteiger partial charge in [0.1, 0.15) is 195 Å². The largest absolute Gasteiger partial charge is 0.394 e. The van der Waals surface area contributed by atoms with Crippen LogP contribution < -0.4 is 0 Å². The lowest BCUT2D eigenvalue weighted by molar-refractivity contribution is -0.364. The molecule has 41 nitrogen and oxygen atoms in total. The van der Waals surface area contributed by atoms with Gasteiger partial charge in [0, 0.05) is 0 Å². The summed E-state index contributed by atoms with van der Waals surface area (Å²) in [5.41, 5.74) is 0. The summed E-state index contributed by atoms with van der Waals surface area (Å²) >= 11 is 0. The normalized spacial score (nSPS) is 53.6. The maximum atomic E-state index is 10.9. The van der Waals surface area contributed by atoms with Gasteiger partial charge in [-0.15, -0.1) is 0 Å². The molecule has 8 aliphatic rings. The van der Waals surface area contributed by atoms with E-state index in [2.05, 4.69) is 0 Å². The lowest BCUT2D eigenvalue weighted by atomic mass is 9.97. The predicted molar refractivity (Wildman–Crippen MR) is 264 cm³/mol. The van der Waals surface area contributed by atoms with Crippen LogP contribution in [0.1, 0.15) is 0 Å². The summed E-state index contributed by atoms with van der Waals surface area (Å²) in [6.45, 7) is -6.69. The minimum absolute atomic E-state index is 0.727. The monoisotopic (exact) mass is 1310 g/mol. The molecule has 8 fully saturated rings. The highest BCUT2D eigenvalue weighted by Crippen LogP contribution is 2.34. The zero-order chi connectivity index (χ0) is 65.4. The van der Waals surface area contributed by atoms with E-state index in [9.17, 15) is 133 Å². The topological polar surface area (TPSA) is 664 Å². The Kier molecular flexibility index (Phi) is 25.9. The summed E-state index contributed by atoms with van der Waals surface area (Å²) in [5.74, 6) is 0. The fraction of sp³-hybridized carbons (Fsp3) is 1.00. The number of rotatable bonds is 22. The standard InChI is InChI=1S/C48H82O41/c49-1-9-17(51)24(58)33(67)42(82-9)75-3-11-18(52)25(59)34(68)43(83-11)76-4-12-19(53)26(60)35(69)44(84-12)77-5-13-20(54)27(61)36(70)45(85-13)78-6-14-21(55)28(62)37(71)46(86-14)79-7-15-22(56)29(63)38(72)47(87-15)80-8-16-23(57)30(64)39(73)48(88-16)89-40-10(2-50)81-41(74)32(66)31(40)65/h9-74H,1-8H2/t9-,10-,11-,12-,13-,14-,15-,16-,17-,18-,19-,20-,21-,22-,23-,24+,25+,26+,27+,28+,29+,30+,31-,32+,33-,34-,35-,36-,37-,38-,39-,40-,41+,42?,43-,44-,45-,46-,47-,48+/m1/s1. The Morgan fingerprint density at radius 1 is 0.191 bits per heavy atom. The maximum absolute atomic E-state index is 10.9. The van der Waals surface area contributed by atoms with Gasteiger partial charge < -0.3 is 204 Å². The molecule has 40 atom stereocenters. The number of aliphatic hydroxyl groups is 26. The molecule has 520 valence electrons. The molecule has 1 unspecified atom stereocenters. The predicted octanol–water partition coefficient (Wildman–Crippen LogP) is -18.5. The van der Waals surface area contributed by atoms with Crippen molar-refractivity contribution in [3.8, 4) is 0 Å². The number of hydrogen-bond acceptors (Lipinski definition) is 41. The molecule has 89 heavy (non-hydrogen) atoms. The van der Waals surface area contributed by atoms with E-state index in [0.29, 0.717) is 0 Å². The van der Waals surface area contributed by atoms with Crippen LogP contribution in [0.4, 0.5) is 0 Å². The minimum atomic E-state index is -2.09. The zero-order valence-corrected chi connectivity index (χ0v) is 46.5. The average molecular weight is 1320 g/mol. The SMILES string of the molecule is OC[C@H]1OC(OC[C@H]2O[C@@H](OC[C@H]3O[C@@H](OC[C@H]4O[C@@H](OC[C@H]5O[C@@H](OC[C@H]6O[C@@H](OC[C@H]7O[C@@H](O[C@H]8[C@H](O)[C@H](O)[C@@H](O)O[C@@H]8CO)[C@H](O)[C@@H](O)[C@@H]7O)[C@H](O)[C@@H](O)[C@@H]6O)[C@H](O)[C@@H](O)[C@@H]5O)[C@H](O)[C@@H](O)[C@@H]4O)[C@H](O)[C@@H](O)[C@@H]3O)[C@H](O)[C@@H](O)[C@@H]2O)[C@H](O)[C@@H](O)[C@@H]1O. The Balaban J connectivity index is 0.819. The van der Waals surface area contributed by atoms with Gasteiger partial charge in [0.25, 0.3) is 0 Å². The number of aliphatic hydroxyl groups excluding tert-OH is 26. The summed E-state index contributed by atoms with van der Waals surface area (Å²) in [6.07, 6.45) is -75.5. The molecule has 0 bridgehead atoms. The molecular formula is C48H82O41. The van der Waals surface area contributed by atoms with Gasteiger partial charge in [0.2, 0.25) is 0 Å². The van der Waals surface area contributed by atoms with Crippen molar-refractivity contribution in [2.24, 2.45) is 0 Å². The Morgan fingerprint density at radius 3 is 0.629 bits per heavy atom. The lowest BCUT2D eigenvalue weighted by Crippen LogP contribution is -2.65. The quantitative estimate of drug-likeness (QED) is 0.0479. The second kappa shape index (κ2) is 31.5. The Labute approximate surface area is 501 Å². The Hall–Kier alpha value is -1.64. The molecule has 0 aliphatic carbocycles. The van der Waals surface area contributed by atoms with Gasteiger partial charge in [-0.3, -0.25) is 0 Å². The molecule has 8 rings (SSSR count). The molecule has 0 saturated carbocycles. The second-order valence-corrected chi connectivity index (χ2v) is 22.6. The highest BCUT2D eigenvalue weighted by Gasteiger charge is 2.55. The molecule has 0 spiro atoms. The van der Waals surface area contributed by atoms with Gasteiger partial charge in [-0.2, -0.15) is 0 Å². The van der Waals surface area contributed by atoms with Crippen LogP contribution in [0.25, 0.3) is 0 Å². The summed E-state index contributed by atoms with van der Waals surface area (Å²) in [6, 6.07) is 0. The summed E-state index contributed by atoms with van der Waals surface area (Å²) in [5, 5.41) is 274. The van der Waals surface area contributed by atoms with Crippen molar-refractivity contribution in [1.29, 1.82) is 0 Å². The number of hydrogen-bond donors (Lipinski definition) is 26. The van der Waals surface area contributed by atoms with Crippen LogP contribution in [0, 0.1) is 0 Å². The van der Waals surface area contributed by atoms with E-state index in [0.717, 1.165) is 0 Å². The van der Waals surface area contributed by atoms with Crippen LogP contribution in [-0.2, 0) is 71.1 Å². The number of ether oxygens (including phenoxy) is 15. The lowest BCUT2D eigenvalue weighted by Gasteiger charge is -2.46. The van der Waals surface area contributed by atoms with Crippen LogP contribution >= 0.6 is 0 Å². The molecule has 8 saturated heterocycles. The van der Waals surface area contributed by atoms with Crippen LogP contribution in [0.5, 0.6) is 0 Å². The fourth-order valence-corrected chi connectivity index (χ4v) is 10.9. The van der Waals surface area contributed by atoms with Crippen molar-refractivity contribution in [2.75, 3.05) is 52.9 Å². The van der Waals surface area contributed by atoms with Gasteiger partial charge in [-0.25, -0.2) is 0 Å². The molecular weight excluding hydrogens is 1230 g/mol. The van der Waals surface area contributed by atoms with Crippen molar-refractivity contribution in [3.63, 3.8) is 0 Å². The van der Waals surface area contributed by atoms with Crippen molar-refractivity contribution < 1.29 is 204 Å². The third-order valence-corrected chi connectivity index (χ3v) is 16.5. The minimum Gasteiger partial charge on any atom is -0.394 e. The van der Waals surface area contributed by atoms with Gasteiger partial charge >= 0.3 is 0 Å². The third kappa shape index (κ3) is 15.9. The van der Waals surface area contributed by atoms with Gasteiger partial charge in [-0.05, 0) is 0 Å². The first-order valence-electron chi connectivity index (χ1n) is 28.2. The van der Waals surface area contributed by atoms with E-state index in [-0.39, 0.29) is 0 Å². The van der Waals surface area contributed by atoms with Gasteiger partial charge in [0.05, 0.1) is 52.9 Å². The third-order valence-electron chi connectivity index (χ3n) is 16.5. The van der Waals surface area contributed by atoms with E-state index in [1.165, 1.54) is 0 Å². The van der Waals surface area contributed by atoms with Crippen LogP contribution in [0.2, 0.25) is 0 Å². The Bertz CT molecular complexity index is 2130. The first kappa shape index (κ1) is 73.2. The van der Waals surface area contributed by atoms with E-state index in [4.69, 9.17) is 71.1 Å². The second-order valence-electron chi connectivity index (χ2n) is 22.6. The first-order chi connectivity index (χ1) is 42.0. The summed E-state index contributed by atoms with van der Waals surface area (Å²) < 4.78 is 82.5. The fourth-order valence-electron chi connectivity index (χ4n) is 10.9. The van der Waals surface area contributed by atoms with Crippen LogP contribution in [-0.4, -0.2) is 431 Å². The highest BCUT2D eigenvalue weighted by atomic mass is 16.8. The van der Waals surface area contributed by atoms with Crippen molar-refractivity contribution in [1.82, 2.24) is 0 Å². The molecule has 8 heterocycles. The average Bonchev–Trinajstić information content (AvgIpc) is 3.62. The molecule has 0 radical (unpaired) electrons. The molecule has 41 heteroatoms. The summed E-state index contributed by atoms with van der Waals surface area (Å²) in [4.78, 5) is 0.